The van der Waals surface area contributed by atoms with E-state index in [4.69, 9.17) is 25.8 Å². The van der Waals surface area contributed by atoms with Crippen LogP contribution in [0.5, 0.6) is 5.75 Å². The lowest BCUT2D eigenvalue weighted by Gasteiger charge is -2.46. The van der Waals surface area contributed by atoms with Gasteiger partial charge in [-0.2, -0.15) is 13.1 Å². The summed E-state index contributed by atoms with van der Waals surface area (Å²) in [5.74, 6) is 0.680. The summed E-state index contributed by atoms with van der Waals surface area (Å²) in [6, 6.07) is 11.0. The van der Waals surface area contributed by atoms with Gasteiger partial charge in [0.2, 0.25) is 0 Å². The minimum atomic E-state index is -4.08. The number of fused-ring (bicyclic) bond motifs is 4. The smallest absolute Gasteiger partial charge is 0.301 e. The summed E-state index contributed by atoms with van der Waals surface area (Å²) in [7, 11) is -2.42. The van der Waals surface area contributed by atoms with Gasteiger partial charge in [0.1, 0.15) is 5.75 Å². The number of hydrogen-bond acceptors (Lipinski definition) is 7. The van der Waals surface area contributed by atoms with Gasteiger partial charge in [0, 0.05) is 42.2 Å². The lowest BCUT2D eigenvalue weighted by molar-refractivity contribution is -0.0309. The maximum atomic E-state index is 13.2. The van der Waals surface area contributed by atoms with Crippen molar-refractivity contribution in [1.82, 2.24) is 9.44 Å². The number of rotatable bonds is 4. The molecular formula is C33H42ClN3O6S. The highest BCUT2D eigenvalue weighted by molar-refractivity contribution is 7.88. The Morgan fingerprint density at radius 2 is 2.02 bits per heavy atom. The van der Waals surface area contributed by atoms with Crippen LogP contribution in [0.1, 0.15) is 60.5 Å². The van der Waals surface area contributed by atoms with Crippen molar-refractivity contribution in [1.29, 1.82) is 0 Å². The van der Waals surface area contributed by atoms with Crippen LogP contribution < -0.4 is 19.1 Å². The first-order valence-electron chi connectivity index (χ1n) is 15.6. The second kappa shape index (κ2) is 13.0. The third-order valence-corrected chi connectivity index (χ3v) is 11.1. The molecule has 4 aliphatic rings. The van der Waals surface area contributed by atoms with Gasteiger partial charge >= 0.3 is 10.2 Å². The number of nitrogens with zero attached hydrogens (tertiary/aromatic N) is 1. The third kappa shape index (κ3) is 6.65. The predicted molar refractivity (Wildman–Crippen MR) is 171 cm³/mol. The molecule has 9 nitrogen and oxygen atoms in total. The van der Waals surface area contributed by atoms with Crippen molar-refractivity contribution in [3.8, 4) is 5.75 Å². The van der Waals surface area contributed by atoms with Gasteiger partial charge in [0.15, 0.2) is 0 Å². The summed E-state index contributed by atoms with van der Waals surface area (Å²) in [5, 5.41) is 0.739. The molecule has 44 heavy (non-hydrogen) atoms. The fraction of sp³-hybridized carbons (Fsp3) is 0.545. The number of aryl methyl sites for hydroxylation is 1. The highest BCUT2D eigenvalue weighted by atomic mass is 35.5. The highest BCUT2D eigenvalue weighted by Gasteiger charge is 2.44. The molecule has 1 amide bonds. The van der Waals surface area contributed by atoms with Crippen molar-refractivity contribution < 1.29 is 27.4 Å². The number of ether oxygens (including phenoxy) is 3. The Morgan fingerprint density at radius 1 is 1.16 bits per heavy atom. The summed E-state index contributed by atoms with van der Waals surface area (Å²) in [4.78, 5) is 15.6. The molecule has 2 heterocycles. The molecule has 2 aliphatic heterocycles. The van der Waals surface area contributed by atoms with Crippen LogP contribution in [0.15, 0.2) is 48.6 Å². The van der Waals surface area contributed by atoms with Crippen molar-refractivity contribution >= 4 is 33.4 Å². The van der Waals surface area contributed by atoms with Gasteiger partial charge in [0.05, 0.1) is 31.6 Å². The van der Waals surface area contributed by atoms with Crippen molar-refractivity contribution in [2.24, 2.45) is 11.8 Å². The van der Waals surface area contributed by atoms with Crippen molar-refractivity contribution in [3.63, 3.8) is 0 Å². The van der Waals surface area contributed by atoms with Crippen molar-refractivity contribution in [3.05, 3.63) is 70.3 Å². The molecule has 5 atom stereocenters. The first-order chi connectivity index (χ1) is 21.2. The molecule has 6 rings (SSSR count). The molecular weight excluding hydrogens is 602 g/mol. The monoisotopic (exact) mass is 643 g/mol. The van der Waals surface area contributed by atoms with E-state index in [2.05, 4.69) is 32.6 Å². The zero-order valence-electron chi connectivity index (χ0n) is 25.4. The topological polar surface area (TPSA) is 106 Å². The second-order valence-electron chi connectivity index (χ2n) is 12.7. The first kappa shape index (κ1) is 31.4. The number of benzene rings is 2. The Morgan fingerprint density at radius 3 is 2.82 bits per heavy atom. The van der Waals surface area contributed by atoms with Crippen LogP contribution in [-0.2, 0) is 31.5 Å². The molecule has 2 aromatic carbocycles. The molecule has 2 aromatic rings. The minimum absolute atomic E-state index is 0.110. The molecule has 1 spiro atoms. The fourth-order valence-electron chi connectivity index (χ4n) is 7.32. The van der Waals surface area contributed by atoms with Gasteiger partial charge < -0.3 is 19.1 Å². The molecule has 2 N–H and O–H groups in total. The van der Waals surface area contributed by atoms with Crippen molar-refractivity contribution in [2.75, 3.05) is 44.9 Å². The van der Waals surface area contributed by atoms with Gasteiger partial charge in [-0.05, 0) is 98.7 Å². The van der Waals surface area contributed by atoms with Crippen molar-refractivity contribution in [2.45, 2.75) is 63.0 Å². The Hall–Kier alpha value is -2.63. The summed E-state index contributed by atoms with van der Waals surface area (Å²) < 4.78 is 48.7. The van der Waals surface area contributed by atoms with E-state index in [-0.39, 0.29) is 17.1 Å². The molecule has 0 radical (unpaired) electrons. The van der Waals surface area contributed by atoms with Gasteiger partial charge in [-0.15, -0.1) is 0 Å². The lowest BCUT2D eigenvalue weighted by atomic mass is 9.68. The van der Waals surface area contributed by atoms with Crippen LogP contribution in [0.3, 0.4) is 0 Å². The highest BCUT2D eigenvalue weighted by Crippen LogP contribution is 2.47. The molecule has 2 bridgehead atoms. The molecule has 0 unspecified atom stereocenters. The normalized spacial score (nSPS) is 30.6. The van der Waals surface area contributed by atoms with Crippen LogP contribution in [-0.4, -0.2) is 66.5 Å². The number of amides is 1. The molecule has 1 fully saturated rings. The maximum absolute atomic E-state index is 13.2. The number of halogens is 1. The Kier molecular flexibility index (Phi) is 9.27. The van der Waals surface area contributed by atoms with Crippen LogP contribution in [0.4, 0.5) is 5.69 Å². The van der Waals surface area contributed by atoms with Crippen LogP contribution >= 0.6 is 11.6 Å². The van der Waals surface area contributed by atoms with Crippen LogP contribution in [0.2, 0.25) is 5.02 Å². The number of methoxy groups -OCH3 is 1. The molecule has 1 saturated carbocycles. The SMILES string of the molecule is COCCO[C@H]1/C=C/C[C@H](C)NS(=O)(=O)NC(=O)c2ccc3c(c2)N(C[C@@H]2CC[C@H]21)C[C@@]1(CCCc2cc(Cl)ccc21)CO3. The number of anilines is 1. The van der Waals surface area contributed by atoms with E-state index in [9.17, 15) is 13.2 Å². The van der Waals surface area contributed by atoms with E-state index in [1.54, 1.807) is 32.2 Å². The summed E-state index contributed by atoms with van der Waals surface area (Å²) in [6.45, 7) is 4.75. The van der Waals surface area contributed by atoms with E-state index in [1.165, 1.54) is 11.1 Å². The van der Waals surface area contributed by atoms with Crippen LogP contribution in [0, 0.1) is 11.8 Å². The number of hydrogen-bond donors (Lipinski definition) is 2. The summed E-state index contributed by atoms with van der Waals surface area (Å²) >= 11 is 6.41. The number of carbonyl (C=O) groups is 1. The standard InChI is InChI=1S/C33H42ClN3O6S/c1-22-5-3-7-30(42-16-15-41-2)27-11-8-25(27)19-37-20-33(14-4-6-23-17-26(34)10-12-28(23)33)21-43-31-13-9-24(18-29(31)37)32(38)36-44(39,40)35-22/h3,7,9-10,12-13,17-18,22,25,27,30,35H,4-6,8,11,14-16,19-21H2,1-2H3,(H,36,38)/b7-3+/t22-,25-,27+,30-,33-/m0/s1. The van der Waals surface area contributed by atoms with E-state index in [0.29, 0.717) is 50.4 Å². The Bertz CT molecular complexity index is 1520. The van der Waals surface area contributed by atoms with E-state index in [1.807, 2.05) is 12.1 Å². The number of nitrogens with one attached hydrogen (secondary N) is 2. The fourth-order valence-corrected chi connectivity index (χ4v) is 8.56. The van der Waals surface area contributed by atoms with Gasteiger partial charge in [-0.3, -0.25) is 4.79 Å². The molecule has 0 aromatic heterocycles. The third-order valence-electron chi connectivity index (χ3n) is 9.65. The number of carbonyl (C=O) groups excluding carboxylic acids is 1. The minimum Gasteiger partial charge on any atom is -0.490 e. The molecule has 2 aliphatic carbocycles. The van der Waals surface area contributed by atoms with Gasteiger partial charge in [-0.1, -0.05) is 29.8 Å². The zero-order valence-corrected chi connectivity index (χ0v) is 27.0. The molecule has 11 heteroatoms. The second-order valence-corrected chi connectivity index (χ2v) is 14.6. The average Bonchev–Trinajstić information content (AvgIpc) is 3.11. The first-order valence-corrected chi connectivity index (χ1v) is 17.4. The average molecular weight is 644 g/mol. The predicted octanol–water partition coefficient (Wildman–Crippen LogP) is 4.78. The summed E-state index contributed by atoms with van der Waals surface area (Å²) in [5.41, 5.74) is 3.35. The summed E-state index contributed by atoms with van der Waals surface area (Å²) in [6.07, 6.45) is 9.51. The van der Waals surface area contributed by atoms with E-state index >= 15 is 0 Å². The Balaban J connectivity index is 1.40. The largest absolute Gasteiger partial charge is 0.490 e. The zero-order chi connectivity index (χ0) is 30.9. The quantitative estimate of drug-likeness (QED) is 0.365. The molecule has 0 saturated heterocycles. The van der Waals surface area contributed by atoms with Gasteiger partial charge in [-0.25, -0.2) is 4.72 Å². The van der Waals surface area contributed by atoms with Gasteiger partial charge in [0.25, 0.3) is 5.91 Å². The molecule has 238 valence electrons. The maximum Gasteiger partial charge on any atom is 0.301 e. The lowest BCUT2D eigenvalue weighted by Crippen LogP contribution is -2.50. The van der Waals surface area contributed by atoms with E-state index < -0.39 is 22.2 Å². The van der Waals surface area contributed by atoms with E-state index in [0.717, 1.165) is 49.4 Å². The van der Waals surface area contributed by atoms with Crippen LogP contribution in [0.25, 0.3) is 0 Å². The Labute approximate surface area is 265 Å².